The Morgan fingerprint density at radius 1 is 1.32 bits per heavy atom. The Bertz CT molecular complexity index is 612. The highest BCUT2D eigenvalue weighted by molar-refractivity contribution is 6.07. The monoisotopic (exact) mass is 301 g/mol. The lowest BCUT2D eigenvalue weighted by molar-refractivity contribution is -0.139. The Hall–Kier alpha value is -2.37. The van der Waals surface area contributed by atoms with Crippen LogP contribution in [0.25, 0.3) is 0 Å². The molecule has 0 bridgehead atoms. The highest BCUT2D eigenvalue weighted by Crippen LogP contribution is 2.29. The molecule has 1 aliphatic heterocycles. The summed E-state index contributed by atoms with van der Waals surface area (Å²) in [5.74, 6) is -0.713. The third-order valence-electron chi connectivity index (χ3n) is 4.19. The lowest BCUT2D eigenvalue weighted by atomic mass is 9.93. The summed E-state index contributed by atoms with van der Waals surface area (Å²) in [6.45, 7) is 1.69. The summed E-state index contributed by atoms with van der Waals surface area (Å²) in [4.78, 5) is 36.2. The van der Waals surface area contributed by atoms with Crippen LogP contribution in [0.1, 0.15) is 31.7 Å². The van der Waals surface area contributed by atoms with Crippen molar-refractivity contribution in [2.75, 3.05) is 0 Å². The van der Waals surface area contributed by atoms with E-state index < -0.39 is 17.5 Å². The van der Waals surface area contributed by atoms with Crippen LogP contribution in [-0.2, 0) is 16.0 Å². The van der Waals surface area contributed by atoms with Crippen molar-refractivity contribution in [3.8, 4) is 0 Å². The molecule has 116 valence electrons. The number of carbonyl (C=O) groups excluding carboxylic acids is 3. The van der Waals surface area contributed by atoms with E-state index in [1.165, 1.54) is 0 Å². The molecule has 6 heteroatoms. The van der Waals surface area contributed by atoms with Gasteiger partial charge < -0.3 is 5.32 Å². The number of imide groups is 1. The van der Waals surface area contributed by atoms with Gasteiger partial charge in [-0.2, -0.15) is 5.01 Å². The van der Waals surface area contributed by atoms with Crippen LogP contribution < -0.4 is 10.7 Å². The minimum atomic E-state index is -0.982. The van der Waals surface area contributed by atoms with E-state index in [1.807, 2.05) is 30.3 Å². The van der Waals surface area contributed by atoms with Gasteiger partial charge in [-0.15, -0.1) is 0 Å². The second-order valence-corrected chi connectivity index (χ2v) is 6.14. The maximum absolute atomic E-state index is 12.5. The summed E-state index contributed by atoms with van der Waals surface area (Å²) in [6, 6.07) is 9.22. The second-order valence-electron chi connectivity index (χ2n) is 6.14. The van der Waals surface area contributed by atoms with Crippen LogP contribution in [0.4, 0.5) is 4.79 Å². The molecule has 2 N–H and O–H groups in total. The lowest BCUT2D eigenvalue weighted by Crippen LogP contribution is -2.49. The number of aryl methyl sites for hydroxylation is 1. The number of nitrogens with one attached hydrogen (secondary N) is 2. The van der Waals surface area contributed by atoms with Crippen molar-refractivity contribution in [3.05, 3.63) is 35.9 Å². The number of carbonyl (C=O) groups is 3. The first-order valence-electron chi connectivity index (χ1n) is 7.51. The molecule has 1 aromatic carbocycles. The Morgan fingerprint density at radius 3 is 2.64 bits per heavy atom. The molecule has 6 nitrogen and oxygen atoms in total. The van der Waals surface area contributed by atoms with Gasteiger partial charge in [-0.3, -0.25) is 15.0 Å². The minimum Gasteiger partial charge on any atom is -0.322 e. The third kappa shape index (κ3) is 2.81. The van der Waals surface area contributed by atoms with E-state index in [0.29, 0.717) is 12.8 Å². The maximum Gasteiger partial charge on any atom is 0.344 e. The van der Waals surface area contributed by atoms with Gasteiger partial charge in [0.1, 0.15) is 5.54 Å². The fourth-order valence-electron chi connectivity index (χ4n) is 2.54. The molecular weight excluding hydrogens is 282 g/mol. The SMILES string of the molecule is CC1(CCc2ccccc2)NC(=O)N(NC(=O)C2CC2)C1=O. The molecule has 1 aliphatic carbocycles. The molecule has 1 unspecified atom stereocenters. The van der Waals surface area contributed by atoms with Crippen LogP contribution >= 0.6 is 0 Å². The zero-order chi connectivity index (χ0) is 15.7. The van der Waals surface area contributed by atoms with E-state index in [1.54, 1.807) is 6.92 Å². The number of amides is 4. The van der Waals surface area contributed by atoms with Gasteiger partial charge in [-0.05, 0) is 38.2 Å². The molecule has 0 radical (unpaired) electrons. The van der Waals surface area contributed by atoms with Crippen LogP contribution in [0.15, 0.2) is 30.3 Å². The van der Waals surface area contributed by atoms with E-state index in [2.05, 4.69) is 10.7 Å². The Balaban J connectivity index is 1.64. The predicted molar refractivity (Wildman–Crippen MR) is 79.4 cm³/mol. The molecule has 1 heterocycles. The molecule has 4 amide bonds. The summed E-state index contributed by atoms with van der Waals surface area (Å²) in [6.07, 6.45) is 2.80. The summed E-state index contributed by atoms with van der Waals surface area (Å²) < 4.78 is 0. The molecule has 1 aromatic rings. The number of nitrogens with zero attached hydrogens (tertiary/aromatic N) is 1. The van der Waals surface area contributed by atoms with Crippen molar-refractivity contribution in [3.63, 3.8) is 0 Å². The van der Waals surface area contributed by atoms with Crippen molar-refractivity contribution in [2.45, 2.75) is 38.1 Å². The van der Waals surface area contributed by atoms with E-state index >= 15 is 0 Å². The van der Waals surface area contributed by atoms with Gasteiger partial charge >= 0.3 is 6.03 Å². The smallest absolute Gasteiger partial charge is 0.322 e. The van der Waals surface area contributed by atoms with Crippen LogP contribution in [0, 0.1) is 5.92 Å². The molecule has 2 aliphatic rings. The molecule has 0 spiro atoms. The fraction of sp³-hybridized carbons (Fsp3) is 0.438. The number of hydrazine groups is 1. The van der Waals surface area contributed by atoms with Gasteiger partial charge in [-0.25, -0.2) is 4.79 Å². The molecule has 1 saturated carbocycles. The largest absolute Gasteiger partial charge is 0.344 e. The normalized spacial score (nSPS) is 24.3. The number of hydrogen-bond donors (Lipinski definition) is 2. The average Bonchev–Trinajstić information content (AvgIpc) is 3.32. The Kier molecular flexibility index (Phi) is 3.60. The highest BCUT2D eigenvalue weighted by Gasteiger charge is 2.49. The van der Waals surface area contributed by atoms with Gasteiger partial charge in [0.25, 0.3) is 5.91 Å². The van der Waals surface area contributed by atoms with Crippen molar-refractivity contribution >= 4 is 17.8 Å². The summed E-state index contributed by atoms with van der Waals surface area (Å²) in [5.41, 5.74) is 2.55. The van der Waals surface area contributed by atoms with Crippen LogP contribution in [-0.4, -0.2) is 28.4 Å². The highest BCUT2D eigenvalue weighted by atomic mass is 16.2. The van der Waals surface area contributed by atoms with E-state index in [4.69, 9.17) is 0 Å². The van der Waals surface area contributed by atoms with Gasteiger partial charge in [0.2, 0.25) is 5.91 Å². The minimum absolute atomic E-state index is 0.0585. The first-order valence-corrected chi connectivity index (χ1v) is 7.51. The standard InChI is InChI=1S/C16H19N3O3/c1-16(10-9-11-5-3-2-4-6-11)14(21)19(15(22)17-16)18-13(20)12-7-8-12/h2-6,12H,7-10H2,1H3,(H,17,22)(H,18,20). The number of benzene rings is 1. The quantitative estimate of drug-likeness (QED) is 0.806. The summed E-state index contributed by atoms with van der Waals surface area (Å²) in [5, 5.41) is 3.51. The number of rotatable bonds is 5. The van der Waals surface area contributed by atoms with Gasteiger partial charge in [0.05, 0.1) is 0 Å². The van der Waals surface area contributed by atoms with Crippen molar-refractivity contribution in [1.29, 1.82) is 0 Å². The topological polar surface area (TPSA) is 78.5 Å². The van der Waals surface area contributed by atoms with E-state index in [9.17, 15) is 14.4 Å². The zero-order valence-electron chi connectivity index (χ0n) is 12.5. The van der Waals surface area contributed by atoms with Crippen LogP contribution in [0.3, 0.4) is 0 Å². The maximum atomic E-state index is 12.5. The van der Waals surface area contributed by atoms with Crippen LogP contribution in [0.2, 0.25) is 0 Å². The number of hydrogen-bond acceptors (Lipinski definition) is 3. The summed E-state index contributed by atoms with van der Waals surface area (Å²) >= 11 is 0. The molecule has 1 saturated heterocycles. The third-order valence-corrected chi connectivity index (χ3v) is 4.19. The second kappa shape index (κ2) is 5.44. The zero-order valence-corrected chi connectivity index (χ0v) is 12.5. The molecule has 22 heavy (non-hydrogen) atoms. The Morgan fingerprint density at radius 2 is 2.00 bits per heavy atom. The molecule has 1 atom stereocenters. The van der Waals surface area contributed by atoms with Gasteiger partial charge in [-0.1, -0.05) is 30.3 Å². The molecular formula is C16H19N3O3. The molecule has 3 rings (SSSR count). The molecule has 0 aromatic heterocycles. The van der Waals surface area contributed by atoms with Crippen molar-refractivity contribution in [1.82, 2.24) is 15.8 Å². The van der Waals surface area contributed by atoms with Crippen molar-refractivity contribution < 1.29 is 14.4 Å². The fourth-order valence-corrected chi connectivity index (χ4v) is 2.54. The Labute approximate surface area is 128 Å². The summed E-state index contributed by atoms with van der Waals surface area (Å²) in [7, 11) is 0. The predicted octanol–water partition coefficient (Wildman–Crippen LogP) is 1.37. The van der Waals surface area contributed by atoms with Crippen LogP contribution in [0.5, 0.6) is 0 Å². The number of urea groups is 1. The van der Waals surface area contributed by atoms with Gasteiger partial charge in [0, 0.05) is 5.92 Å². The first-order chi connectivity index (χ1) is 10.5. The molecule has 2 fully saturated rings. The van der Waals surface area contributed by atoms with E-state index in [-0.39, 0.29) is 11.8 Å². The van der Waals surface area contributed by atoms with Crippen molar-refractivity contribution in [2.24, 2.45) is 5.92 Å². The first kappa shape index (κ1) is 14.6. The van der Waals surface area contributed by atoms with E-state index in [0.717, 1.165) is 23.4 Å². The average molecular weight is 301 g/mol. The lowest BCUT2D eigenvalue weighted by Gasteiger charge is -2.21. The van der Waals surface area contributed by atoms with Gasteiger partial charge in [0.15, 0.2) is 0 Å².